The SMILES string of the molecule is NC(=O)c1ncn([C@H]2CC(O)C(O)[C@@H](CO)O2)n1. The van der Waals surface area contributed by atoms with Gasteiger partial charge in [0.25, 0.3) is 5.91 Å². The monoisotopic (exact) mass is 258 g/mol. The van der Waals surface area contributed by atoms with Crippen molar-refractivity contribution in [3.05, 3.63) is 12.2 Å². The van der Waals surface area contributed by atoms with Crippen molar-refractivity contribution in [1.29, 1.82) is 0 Å². The Hall–Kier alpha value is -1.55. The van der Waals surface area contributed by atoms with E-state index < -0.39 is 37.1 Å². The molecule has 1 amide bonds. The van der Waals surface area contributed by atoms with E-state index in [0.717, 1.165) is 0 Å². The number of amides is 1. The van der Waals surface area contributed by atoms with Crippen molar-refractivity contribution in [1.82, 2.24) is 14.8 Å². The average Bonchev–Trinajstić information content (AvgIpc) is 2.82. The second-order valence-electron chi connectivity index (χ2n) is 4.02. The third kappa shape index (κ3) is 2.34. The highest BCUT2D eigenvalue weighted by Gasteiger charge is 2.37. The summed E-state index contributed by atoms with van der Waals surface area (Å²) in [5.41, 5.74) is 5.01. The van der Waals surface area contributed by atoms with Crippen LogP contribution in [0.5, 0.6) is 0 Å². The zero-order valence-electron chi connectivity index (χ0n) is 9.38. The molecule has 9 heteroatoms. The summed E-state index contributed by atoms with van der Waals surface area (Å²) in [6.07, 6.45) is -2.54. The van der Waals surface area contributed by atoms with E-state index in [-0.39, 0.29) is 12.2 Å². The topological polar surface area (TPSA) is 144 Å². The fraction of sp³-hybridized carbons (Fsp3) is 0.667. The van der Waals surface area contributed by atoms with E-state index in [0.29, 0.717) is 0 Å². The predicted octanol–water partition coefficient (Wildman–Crippen LogP) is -2.62. The molecule has 0 spiro atoms. The van der Waals surface area contributed by atoms with Gasteiger partial charge in [0, 0.05) is 6.42 Å². The zero-order chi connectivity index (χ0) is 13.3. The first-order valence-corrected chi connectivity index (χ1v) is 5.36. The van der Waals surface area contributed by atoms with Crippen molar-refractivity contribution in [2.24, 2.45) is 5.73 Å². The number of carbonyl (C=O) groups is 1. The van der Waals surface area contributed by atoms with Crippen molar-refractivity contribution in [2.75, 3.05) is 6.61 Å². The minimum atomic E-state index is -1.16. The summed E-state index contributed by atoms with van der Waals surface area (Å²) in [5, 5.41) is 32.0. The lowest BCUT2D eigenvalue weighted by atomic mass is 10.0. The molecule has 100 valence electrons. The first kappa shape index (κ1) is 12.9. The van der Waals surface area contributed by atoms with Crippen LogP contribution in [0, 0.1) is 0 Å². The number of hydrogen-bond acceptors (Lipinski definition) is 7. The molecule has 2 heterocycles. The van der Waals surface area contributed by atoms with Crippen LogP contribution in [-0.4, -0.2) is 60.9 Å². The fourth-order valence-corrected chi connectivity index (χ4v) is 1.78. The van der Waals surface area contributed by atoms with E-state index in [1.54, 1.807) is 0 Å². The molecule has 1 saturated heterocycles. The van der Waals surface area contributed by atoms with Gasteiger partial charge in [0.2, 0.25) is 5.82 Å². The highest BCUT2D eigenvalue weighted by atomic mass is 16.5. The quantitative estimate of drug-likeness (QED) is 0.464. The van der Waals surface area contributed by atoms with Crippen LogP contribution < -0.4 is 5.73 Å². The molecular formula is C9H14N4O5. The number of nitrogens with zero attached hydrogens (tertiary/aromatic N) is 3. The Balaban J connectivity index is 2.15. The molecule has 1 aliphatic heterocycles. The number of aliphatic hydroxyl groups excluding tert-OH is 3. The Morgan fingerprint density at radius 1 is 1.61 bits per heavy atom. The highest BCUT2D eigenvalue weighted by Crippen LogP contribution is 2.26. The van der Waals surface area contributed by atoms with Gasteiger partial charge in [-0.05, 0) is 0 Å². The molecular weight excluding hydrogens is 244 g/mol. The third-order valence-electron chi connectivity index (χ3n) is 2.75. The van der Waals surface area contributed by atoms with Gasteiger partial charge in [-0.15, -0.1) is 5.10 Å². The van der Waals surface area contributed by atoms with Crippen LogP contribution >= 0.6 is 0 Å². The van der Waals surface area contributed by atoms with E-state index in [1.807, 2.05) is 0 Å². The Morgan fingerprint density at radius 3 is 2.89 bits per heavy atom. The molecule has 1 aromatic rings. The molecule has 0 bridgehead atoms. The molecule has 9 nitrogen and oxygen atoms in total. The van der Waals surface area contributed by atoms with Gasteiger partial charge in [-0.25, -0.2) is 9.67 Å². The van der Waals surface area contributed by atoms with Crippen LogP contribution in [0.3, 0.4) is 0 Å². The standard InChI is InChI=1S/C9H14N4O5/c10-8(17)9-11-3-13(12-9)6-1-4(15)7(16)5(2-14)18-6/h3-7,14-16H,1-2H2,(H2,10,17)/t4?,5-,6-,7?/m1/s1. The molecule has 1 fully saturated rings. The van der Waals surface area contributed by atoms with E-state index in [1.165, 1.54) is 11.0 Å². The lowest BCUT2D eigenvalue weighted by molar-refractivity contribution is -0.203. The predicted molar refractivity (Wildman–Crippen MR) is 56.2 cm³/mol. The van der Waals surface area contributed by atoms with E-state index in [2.05, 4.69) is 10.1 Å². The lowest BCUT2D eigenvalue weighted by Gasteiger charge is -2.35. The first-order valence-electron chi connectivity index (χ1n) is 5.36. The lowest BCUT2D eigenvalue weighted by Crippen LogP contribution is -2.48. The van der Waals surface area contributed by atoms with Crippen molar-refractivity contribution >= 4 is 5.91 Å². The maximum atomic E-state index is 10.8. The number of aliphatic hydroxyl groups is 3. The summed E-state index contributed by atoms with van der Waals surface area (Å²) in [5.74, 6) is -0.941. The van der Waals surface area contributed by atoms with Gasteiger partial charge in [-0.1, -0.05) is 0 Å². The van der Waals surface area contributed by atoms with Crippen molar-refractivity contribution < 1.29 is 24.9 Å². The number of hydrogen-bond donors (Lipinski definition) is 4. The molecule has 1 aliphatic rings. The van der Waals surface area contributed by atoms with Gasteiger partial charge in [0.1, 0.15) is 18.5 Å². The zero-order valence-corrected chi connectivity index (χ0v) is 9.38. The van der Waals surface area contributed by atoms with E-state index in [4.69, 9.17) is 15.6 Å². The maximum absolute atomic E-state index is 10.8. The molecule has 5 N–H and O–H groups in total. The number of primary amides is 1. The minimum absolute atomic E-state index is 0.0687. The highest BCUT2D eigenvalue weighted by molar-refractivity contribution is 5.88. The van der Waals surface area contributed by atoms with Gasteiger partial charge >= 0.3 is 0 Å². The minimum Gasteiger partial charge on any atom is -0.394 e. The van der Waals surface area contributed by atoms with Gasteiger partial charge in [-0.2, -0.15) is 0 Å². The van der Waals surface area contributed by atoms with Gasteiger partial charge in [0.15, 0.2) is 6.23 Å². The van der Waals surface area contributed by atoms with Crippen LogP contribution in [-0.2, 0) is 4.74 Å². The Morgan fingerprint density at radius 2 is 2.33 bits per heavy atom. The van der Waals surface area contributed by atoms with E-state index >= 15 is 0 Å². The number of rotatable bonds is 3. The van der Waals surface area contributed by atoms with Crippen LogP contribution in [0.2, 0.25) is 0 Å². The first-order chi connectivity index (χ1) is 8.52. The number of nitrogens with two attached hydrogens (primary N) is 1. The van der Waals surface area contributed by atoms with E-state index in [9.17, 15) is 15.0 Å². The summed E-state index contributed by atoms with van der Waals surface area (Å²) < 4.78 is 6.57. The van der Waals surface area contributed by atoms with Gasteiger partial charge in [-0.3, -0.25) is 4.79 Å². The summed E-state index contributed by atoms with van der Waals surface area (Å²) >= 11 is 0. The average molecular weight is 258 g/mol. The molecule has 0 aromatic carbocycles. The molecule has 0 aliphatic carbocycles. The van der Waals surface area contributed by atoms with Crippen molar-refractivity contribution in [3.63, 3.8) is 0 Å². The second kappa shape index (κ2) is 4.98. The van der Waals surface area contributed by atoms with Crippen molar-refractivity contribution in [3.8, 4) is 0 Å². The van der Waals surface area contributed by atoms with Gasteiger partial charge in [0.05, 0.1) is 12.7 Å². The Kier molecular flexibility index (Phi) is 3.57. The van der Waals surface area contributed by atoms with Crippen molar-refractivity contribution in [2.45, 2.75) is 31.0 Å². The summed E-state index contributed by atoms with van der Waals surface area (Å²) in [6, 6.07) is 0. The summed E-state index contributed by atoms with van der Waals surface area (Å²) in [6.45, 7) is -0.438. The molecule has 2 rings (SSSR count). The van der Waals surface area contributed by atoms with Crippen LogP contribution in [0.4, 0.5) is 0 Å². The number of ether oxygens (including phenoxy) is 1. The number of carbonyl (C=O) groups excluding carboxylic acids is 1. The summed E-state index contributed by atoms with van der Waals surface area (Å²) in [7, 11) is 0. The Labute approximate surface area is 102 Å². The largest absolute Gasteiger partial charge is 0.394 e. The molecule has 0 saturated carbocycles. The molecule has 2 unspecified atom stereocenters. The molecule has 0 radical (unpaired) electrons. The summed E-state index contributed by atoms with van der Waals surface area (Å²) in [4.78, 5) is 14.5. The smallest absolute Gasteiger partial charge is 0.288 e. The molecule has 1 aromatic heterocycles. The van der Waals surface area contributed by atoms with Crippen LogP contribution in [0.25, 0.3) is 0 Å². The van der Waals surface area contributed by atoms with Crippen LogP contribution in [0.15, 0.2) is 6.33 Å². The number of aromatic nitrogens is 3. The Bertz CT molecular complexity index is 436. The van der Waals surface area contributed by atoms with Gasteiger partial charge < -0.3 is 25.8 Å². The third-order valence-corrected chi connectivity index (χ3v) is 2.75. The molecule has 4 atom stereocenters. The normalized spacial score (nSPS) is 32.4. The fourth-order valence-electron chi connectivity index (χ4n) is 1.78. The van der Waals surface area contributed by atoms with Crippen LogP contribution in [0.1, 0.15) is 23.3 Å². The molecule has 18 heavy (non-hydrogen) atoms. The second-order valence-corrected chi connectivity index (χ2v) is 4.02. The maximum Gasteiger partial charge on any atom is 0.288 e.